The van der Waals surface area contributed by atoms with Crippen LogP contribution in [0.3, 0.4) is 0 Å². The number of thiophene rings is 1. The molecule has 0 aliphatic heterocycles. The van der Waals surface area contributed by atoms with Gasteiger partial charge in [0.1, 0.15) is 11.4 Å². The summed E-state index contributed by atoms with van der Waals surface area (Å²) in [7, 11) is 0. The maximum Gasteiger partial charge on any atom is 0.263 e. The van der Waals surface area contributed by atoms with Gasteiger partial charge in [0.15, 0.2) is 0 Å². The first kappa shape index (κ1) is 15.9. The van der Waals surface area contributed by atoms with Gasteiger partial charge in [0.2, 0.25) is 0 Å². The zero-order valence-corrected chi connectivity index (χ0v) is 14.3. The molecule has 0 radical (unpaired) electrons. The van der Waals surface area contributed by atoms with Crippen LogP contribution in [0.4, 0.5) is 0 Å². The van der Waals surface area contributed by atoms with Gasteiger partial charge in [0.25, 0.3) is 11.5 Å². The summed E-state index contributed by atoms with van der Waals surface area (Å²) in [5, 5.41) is 0. The maximum absolute atomic E-state index is 12.9. The van der Waals surface area contributed by atoms with E-state index in [4.69, 9.17) is 0 Å². The van der Waals surface area contributed by atoms with E-state index in [-0.39, 0.29) is 23.1 Å². The van der Waals surface area contributed by atoms with Gasteiger partial charge in [-0.1, -0.05) is 12.8 Å². The summed E-state index contributed by atoms with van der Waals surface area (Å²) in [5.41, 5.74) is -0.219. The van der Waals surface area contributed by atoms with Crippen LogP contribution in [0.1, 0.15) is 51.6 Å². The first-order chi connectivity index (χ1) is 11.0. The van der Waals surface area contributed by atoms with E-state index in [1.165, 1.54) is 11.1 Å². The number of amides is 1. The number of carbonyl (C=O) groups is 1. The molecular weight excluding hydrogens is 310 g/mol. The van der Waals surface area contributed by atoms with E-state index < -0.39 is 0 Å². The molecule has 6 heteroatoms. The lowest BCUT2D eigenvalue weighted by Gasteiger charge is -2.28. The fourth-order valence-electron chi connectivity index (χ4n) is 3.11. The molecule has 122 valence electrons. The van der Waals surface area contributed by atoms with Gasteiger partial charge in [0.05, 0.1) is 6.54 Å². The number of aromatic amines is 1. The third-order valence-electron chi connectivity index (χ3n) is 4.31. The quantitative estimate of drug-likeness (QED) is 0.936. The molecule has 0 saturated heterocycles. The number of nitrogens with one attached hydrogen (secondary N) is 1. The van der Waals surface area contributed by atoms with Crippen LogP contribution in [-0.4, -0.2) is 26.8 Å². The number of carbonyl (C=O) groups excluding carboxylic acids is 1. The van der Waals surface area contributed by atoms with Gasteiger partial charge in [-0.05, 0) is 38.8 Å². The van der Waals surface area contributed by atoms with Gasteiger partial charge in [-0.25, -0.2) is 4.98 Å². The second-order valence-corrected chi connectivity index (χ2v) is 7.47. The number of hydrogen-bond acceptors (Lipinski definition) is 4. The number of H-pyrrole nitrogens is 1. The lowest BCUT2D eigenvalue weighted by Crippen LogP contribution is -2.40. The highest BCUT2D eigenvalue weighted by atomic mass is 32.1. The summed E-state index contributed by atoms with van der Waals surface area (Å²) < 4.78 is 0. The number of aromatic nitrogens is 2. The number of hydrogen-bond donors (Lipinski definition) is 1. The normalized spacial score (nSPS) is 15.0. The molecule has 2 aromatic rings. The van der Waals surface area contributed by atoms with Crippen molar-refractivity contribution in [3.8, 4) is 0 Å². The summed E-state index contributed by atoms with van der Waals surface area (Å²) in [6, 6.07) is 4.34. The van der Waals surface area contributed by atoms with Gasteiger partial charge in [0, 0.05) is 22.0 Å². The third kappa shape index (κ3) is 3.52. The minimum Gasteiger partial charge on any atom is -0.330 e. The first-order valence-corrected chi connectivity index (χ1v) is 8.78. The molecule has 1 fully saturated rings. The van der Waals surface area contributed by atoms with Crippen LogP contribution in [-0.2, 0) is 6.54 Å². The maximum atomic E-state index is 12.9. The Kier molecular flexibility index (Phi) is 4.61. The Morgan fingerprint density at radius 3 is 2.70 bits per heavy atom. The Bertz CT molecular complexity index is 759. The van der Waals surface area contributed by atoms with Gasteiger partial charge < -0.3 is 9.88 Å². The Balaban J connectivity index is 1.90. The number of rotatable bonds is 4. The van der Waals surface area contributed by atoms with E-state index in [1.807, 2.05) is 4.90 Å². The predicted molar refractivity (Wildman–Crippen MR) is 90.8 cm³/mol. The minimum atomic E-state index is -0.354. The molecule has 3 rings (SSSR count). The van der Waals surface area contributed by atoms with Crippen molar-refractivity contribution in [3.63, 3.8) is 0 Å². The predicted octanol–water partition coefficient (Wildman–Crippen LogP) is 3.03. The van der Waals surface area contributed by atoms with Crippen molar-refractivity contribution in [1.82, 2.24) is 14.9 Å². The van der Waals surface area contributed by atoms with E-state index in [0.717, 1.165) is 30.6 Å². The fourth-order valence-corrected chi connectivity index (χ4v) is 4.00. The average molecular weight is 331 g/mol. The molecule has 5 nitrogen and oxygen atoms in total. The molecule has 1 aliphatic carbocycles. The second-order valence-electron chi connectivity index (χ2n) is 6.10. The zero-order valence-electron chi connectivity index (χ0n) is 13.5. The van der Waals surface area contributed by atoms with Crippen LogP contribution < -0.4 is 5.56 Å². The molecule has 1 N–H and O–H groups in total. The molecule has 1 saturated carbocycles. The monoisotopic (exact) mass is 331 g/mol. The van der Waals surface area contributed by atoms with Crippen LogP contribution in [0.2, 0.25) is 0 Å². The van der Waals surface area contributed by atoms with E-state index in [9.17, 15) is 9.59 Å². The topological polar surface area (TPSA) is 66.1 Å². The molecule has 0 atom stereocenters. The molecule has 0 unspecified atom stereocenters. The Hall–Kier alpha value is -1.95. The van der Waals surface area contributed by atoms with Crippen LogP contribution in [0.15, 0.2) is 23.1 Å². The van der Waals surface area contributed by atoms with Crippen molar-refractivity contribution in [3.05, 3.63) is 49.8 Å². The second kappa shape index (κ2) is 6.66. The fraction of sp³-hybridized carbons (Fsp3) is 0.471. The third-order valence-corrected chi connectivity index (χ3v) is 5.29. The van der Waals surface area contributed by atoms with E-state index in [0.29, 0.717) is 12.4 Å². The summed E-state index contributed by atoms with van der Waals surface area (Å²) in [5.74, 6) is 0.310. The molecule has 1 amide bonds. The van der Waals surface area contributed by atoms with Gasteiger partial charge in [-0.15, -0.1) is 11.3 Å². The minimum absolute atomic E-state index is 0.135. The highest BCUT2D eigenvalue weighted by Crippen LogP contribution is 2.27. The van der Waals surface area contributed by atoms with Crippen LogP contribution in [0, 0.1) is 13.8 Å². The van der Waals surface area contributed by atoms with Crippen molar-refractivity contribution >= 4 is 17.2 Å². The largest absolute Gasteiger partial charge is 0.330 e. The summed E-state index contributed by atoms with van der Waals surface area (Å²) in [6.45, 7) is 4.33. The standard InChI is InChI=1S/C17H21N3O2S/c1-11-7-8-14(23-11)10-20(13-5-3-4-6-13)17(22)15-9-18-12(2)19-16(15)21/h7-9,13H,3-6,10H2,1-2H3,(H,18,19,21). The van der Waals surface area contributed by atoms with E-state index in [1.54, 1.807) is 18.3 Å². The van der Waals surface area contributed by atoms with Gasteiger partial charge in [-0.2, -0.15) is 0 Å². The average Bonchev–Trinajstić information content (AvgIpc) is 3.15. The molecule has 0 spiro atoms. The highest BCUT2D eigenvalue weighted by Gasteiger charge is 2.29. The lowest BCUT2D eigenvalue weighted by molar-refractivity contribution is 0.0664. The Morgan fingerprint density at radius 2 is 2.09 bits per heavy atom. The summed E-state index contributed by atoms with van der Waals surface area (Å²) >= 11 is 1.70. The lowest BCUT2D eigenvalue weighted by atomic mass is 10.1. The van der Waals surface area contributed by atoms with E-state index in [2.05, 4.69) is 29.0 Å². The zero-order chi connectivity index (χ0) is 16.4. The molecule has 0 bridgehead atoms. The molecule has 2 aromatic heterocycles. The summed E-state index contributed by atoms with van der Waals surface area (Å²) in [6.07, 6.45) is 5.69. The highest BCUT2D eigenvalue weighted by molar-refractivity contribution is 7.11. The van der Waals surface area contributed by atoms with Crippen molar-refractivity contribution in [2.75, 3.05) is 0 Å². The van der Waals surface area contributed by atoms with Crippen LogP contribution in [0.5, 0.6) is 0 Å². The molecule has 2 heterocycles. The number of aryl methyl sites for hydroxylation is 2. The summed E-state index contributed by atoms with van der Waals surface area (Å²) in [4.78, 5) is 36.0. The van der Waals surface area contributed by atoms with Gasteiger partial charge >= 0.3 is 0 Å². The van der Waals surface area contributed by atoms with Crippen molar-refractivity contribution in [2.24, 2.45) is 0 Å². The molecule has 23 heavy (non-hydrogen) atoms. The van der Waals surface area contributed by atoms with Crippen LogP contribution >= 0.6 is 11.3 Å². The van der Waals surface area contributed by atoms with E-state index >= 15 is 0 Å². The van der Waals surface area contributed by atoms with Gasteiger partial charge in [-0.3, -0.25) is 9.59 Å². The van der Waals surface area contributed by atoms with Crippen molar-refractivity contribution in [1.29, 1.82) is 0 Å². The Labute approximate surface area is 139 Å². The first-order valence-electron chi connectivity index (χ1n) is 7.97. The Morgan fingerprint density at radius 1 is 1.35 bits per heavy atom. The molecular formula is C17H21N3O2S. The van der Waals surface area contributed by atoms with Crippen molar-refractivity contribution < 1.29 is 4.79 Å². The smallest absolute Gasteiger partial charge is 0.263 e. The SMILES string of the molecule is Cc1ncc(C(=O)N(Cc2ccc(C)s2)C2CCCC2)c(=O)[nH]1. The molecule has 0 aromatic carbocycles. The van der Waals surface area contributed by atoms with Crippen molar-refractivity contribution in [2.45, 2.75) is 52.1 Å². The molecule has 1 aliphatic rings. The number of nitrogens with zero attached hydrogens (tertiary/aromatic N) is 2. The van der Waals surface area contributed by atoms with Crippen LogP contribution in [0.25, 0.3) is 0 Å².